The van der Waals surface area contributed by atoms with Crippen LogP contribution in [0.3, 0.4) is 0 Å². The second-order valence-electron chi connectivity index (χ2n) is 6.02. The Morgan fingerprint density at radius 2 is 2.33 bits per heavy atom. The van der Waals surface area contributed by atoms with Crippen molar-refractivity contribution in [3.63, 3.8) is 0 Å². The number of aliphatic hydroxyl groups is 1. The van der Waals surface area contributed by atoms with Gasteiger partial charge in [0.2, 0.25) is 0 Å². The zero-order chi connectivity index (χ0) is 12.8. The van der Waals surface area contributed by atoms with E-state index in [0.29, 0.717) is 18.7 Å². The molecule has 1 aromatic rings. The molecule has 4 nitrogen and oxygen atoms in total. The number of aromatic nitrogens is 2. The third-order valence-corrected chi connectivity index (χ3v) is 5.13. The molecule has 100 valence electrons. The van der Waals surface area contributed by atoms with Crippen LogP contribution in [0.2, 0.25) is 0 Å². The van der Waals surface area contributed by atoms with Gasteiger partial charge >= 0.3 is 0 Å². The van der Waals surface area contributed by atoms with Crippen molar-refractivity contribution in [1.29, 1.82) is 0 Å². The van der Waals surface area contributed by atoms with Crippen LogP contribution in [0.15, 0.2) is 12.4 Å². The maximum Gasteiger partial charge on any atom is 0.0534 e. The Bertz CT molecular complexity index is 424. The van der Waals surface area contributed by atoms with Gasteiger partial charge in [-0.15, -0.1) is 0 Å². The quantitative estimate of drug-likeness (QED) is 0.880. The SMILES string of the molecule is CC[C@]1(CO)C[C@H]2CC[C@@H]1N2Cc1cnn(C)c1. The van der Waals surface area contributed by atoms with Gasteiger partial charge in [-0.2, -0.15) is 5.10 Å². The fourth-order valence-corrected chi connectivity index (χ4v) is 4.08. The molecular formula is C14H23N3O. The summed E-state index contributed by atoms with van der Waals surface area (Å²) in [5.74, 6) is 0. The summed E-state index contributed by atoms with van der Waals surface area (Å²) in [6, 6.07) is 1.24. The molecule has 3 heterocycles. The number of nitrogens with zero attached hydrogens (tertiary/aromatic N) is 3. The van der Waals surface area contributed by atoms with Gasteiger partial charge in [0.1, 0.15) is 0 Å². The number of rotatable bonds is 4. The molecule has 0 saturated carbocycles. The minimum atomic E-state index is 0.158. The largest absolute Gasteiger partial charge is 0.396 e. The maximum atomic E-state index is 9.78. The number of aryl methyl sites for hydroxylation is 1. The molecule has 0 unspecified atom stereocenters. The molecular weight excluding hydrogens is 226 g/mol. The number of hydrogen-bond donors (Lipinski definition) is 1. The molecule has 0 radical (unpaired) electrons. The number of aliphatic hydroxyl groups excluding tert-OH is 1. The first-order chi connectivity index (χ1) is 8.68. The first-order valence-corrected chi connectivity index (χ1v) is 7.02. The van der Waals surface area contributed by atoms with E-state index in [1.165, 1.54) is 24.8 Å². The van der Waals surface area contributed by atoms with Crippen LogP contribution in [0, 0.1) is 5.41 Å². The molecule has 2 aliphatic rings. The molecule has 0 amide bonds. The van der Waals surface area contributed by atoms with E-state index in [1.807, 2.05) is 17.9 Å². The summed E-state index contributed by atoms with van der Waals surface area (Å²) in [6.45, 7) is 3.55. The highest BCUT2D eigenvalue weighted by atomic mass is 16.3. The molecule has 0 aromatic carbocycles. The maximum absolute atomic E-state index is 9.78. The van der Waals surface area contributed by atoms with Crippen molar-refractivity contribution in [3.8, 4) is 0 Å². The lowest BCUT2D eigenvalue weighted by atomic mass is 9.72. The minimum absolute atomic E-state index is 0.158. The van der Waals surface area contributed by atoms with Crippen molar-refractivity contribution in [3.05, 3.63) is 18.0 Å². The summed E-state index contributed by atoms with van der Waals surface area (Å²) in [6.07, 6.45) is 8.87. The molecule has 2 saturated heterocycles. The monoisotopic (exact) mass is 249 g/mol. The summed E-state index contributed by atoms with van der Waals surface area (Å²) in [7, 11) is 1.96. The summed E-state index contributed by atoms with van der Waals surface area (Å²) in [5.41, 5.74) is 1.45. The van der Waals surface area contributed by atoms with Crippen molar-refractivity contribution < 1.29 is 5.11 Å². The lowest BCUT2D eigenvalue weighted by molar-refractivity contribution is 0.0714. The molecule has 18 heavy (non-hydrogen) atoms. The third kappa shape index (κ3) is 1.70. The second kappa shape index (κ2) is 4.35. The lowest BCUT2D eigenvalue weighted by Crippen LogP contribution is -2.39. The van der Waals surface area contributed by atoms with Crippen LogP contribution in [0.5, 0.6) is 0 Å². The van der Waals surface area contributed by atoms with Gasteiger partial charge in [0.15, 0.2) is 0 Å². The highest BCUT2D eigenvalue weighted by Crippen LogP contribution is 2.51. The zero-order valence-corrected chi connectivity index (χ0v) is 11.3. The van der Waals surface area contributed by atoms with E-state index < -0.39 is 0 Å². The summed E-state index contributed by atoms with van der Waals surface area (Å²) >= 11 is 0. The Labute approximate surface area is 109 Å². The van der Waals surface area contributed by atoms with Crippen LogP contribution in [0.25, 0.3) is 0 Å². The van der Waals surface area contributed by atoms with Crippen LogP contribution in [0.1, 0.15) is 38.2 Å². The van der Waals surface area contributed by atoms with Gasteiger partial charge in [0.05, 0.1) is 12.8 Å². The Kier molecular flexibility index (Phi) is 2.94. The van der Waals surface area contributed by atoms with E-state index in [9.17, 15) is 5.11 Å². The fraction of sp³-hybridized carbons (Fsp3) is 0.786. The number of hydrogen-bond acceptors (Lipinski definition) is 3. The number of fused-ring (bicyclic) bond motifs is 2. The van der Waals surface area contributed by atoms with E-state index in [2.05, 4.69) is 23.1 Å². The Morgan fingerprint density at radius 3 is 2.89 bits per heavy atom. The molecule has 2 aliphatic heterocycles. The Morgan fingerprint density at radius 1 is 1.50 bits per heavy atom. The van der Waals surface area contributed by atoms with E-state index in [4.69, 9.17) is 0 Å². The van der Waals surface area contributed by atoms with Crippen LogP contribution < -0.4 is 0 Å². The first-order valence-electron chi connectivity index (χ1n) is 7.02. The van der Waals surface area contributed by atoms with Crippen LogP contribution in [-0.2, 0) is 13.6 Å². The molecule has 3 atom stereocenters. The predicted octanol–water partition coefficient (Wildman–Crippen LogP) is 1.55. The highest BCUT2D eigenvalue weighted by molar-refractivity contribution is 5.12. The van der Waals surface area contributed by atoms with Crippen molar-refractivity contribution in [2.45, 2.75) is 51.2 Å². The molecule has 0 aliphatic carbocycles. The summed E-state index contributed by atoms with van der Waals surface area (Å²) in [4.78, 5) is 2.61. The molecule has 1 aromatic heterocycles. The molecule has 2 bridgehead atoms. The fourth-order valence-electron chi connectivity index (χ4n) is 4.08. The lowest BCUT2D eigenvalue weighted by Gasteiger charge is -2.35. The van der Waals surface area contributed by atoms with Gasteiger partial charge in [-0.1, -0.05) is 6.92 Å². The van der Waals surface area contributed by atoms with Gasteiger partial charge in [0, 0.05) is 42.9 Å². The van der Waals surface area contributed by atoms with Gasteiger partial charge < -0.3 is 5.11 Å². The normalized spacial score (nSPS) is 35.5. The Balaban J connectivity index is 1.78. The summed E-state index contributed by atoms with van der Waals surface area (Å²) in [5, 5.41) is 14.0. The molecule has 0 spiro atoms. The highest BCUT2D eigenvalue weighted by Gasteiger charge is 2.54. The van der Waals surface area contributed by atoms with Crippen molar-refractivity contribution in [2.24, 2.45) is 12.5 Å². The molecule has 1 N–H and O–H groups in total. The smallest absolute Gasteiger partial charge is 0.0534 e. The van der Waals surface area contributed by atoms with Crippen LogP contribution in [-0.4, -0.2) is 38.5 Å². The van der Waals surface area contributed by atoms with Crippen LogP contribution >= 0.6 is 0 Å². The topological polar surface area (TPSA) is 41.3 Å². The predicted molar refractivity (Wildman–Crippen MR) is 70.0 cm³/mol. The van der Waals surface area contributed by atoms with Crippen molar-refractivity contribution >= 4 is 0 Å². The minimum Gasteiger partial charge on any atom is -0.396 e. The average molecular weight is 249 g/mol. The standard InChI is InChI=1S/C14H23N3O/c1-3-14(10-18)6-12-4-5-13(14)17(12)9-11-7-15-16(2)8-11/h7-8,12-13,18H,3-6,9-10H2,1-2H3/t12-,13+,14-/m1/s1. The van der Waals surface area contributed by atoms with Crippen LogP contribution in [0.4, 0.5) is 0 Å². The van der Waals surface area contributed by atoms with E-state index >= 15 is 0 Å². The van der Waals surface area contributed by atoms with Gasteiger partial charge in [-0.3, -0.25) is 9.58 Å². The van der Waals surface area contributed by atoms with E-state index in [1.54, 1.807) is 0 Å². The van der Waals surface area contributed by atoms with E-state index in [0.717, 1.165) is 13.0 Å². The zero-order valence-electron chi connectivity index (χ0n) is 11.3. The van der Waals surface area contributed by atoms with Crippen molar-refractivity contribution in [1.82, 2.24) is 14.7 Å². The van der Waals surface area contributed by atoms with Gasteiger partial charge in [0.25, 0.3) is 0 Å². The van der Waals surface area contributed by atoms with Gasteiger partial charge in [-0.05, 0) is 25.7 Å². The van der Waals surface area contributed by atoms with E-state index in [-0.39, 0.29) is 5.41 Å². The average Bonchev–Trinajstić information content (AvgIpc) is 3.04. The molecule has 4 heteroatoms. The Hall–Kier alpha value is -0.870. The third-order valence-electron chi connectivity index (χ3n) is 5.13. The summed E-state index contributed by atoms with van der Waals surface area (Å²) < 4.78 is 1.87. The molecule has 2 fully saturated rings. The second-order valence-corrected chi connectivity index (χ2v) is 6.02. The van der Waals surface area contributed by atoms with Gasteiger partial charge in [-0.25, -0.2) is 0 Å². The van der Waals surface area contributed by atoms with Crippen molar-refractivity contribution in [2.75, 3.05) is 6.61 Å². The first kappa shape index (κ1) is 12.2. The molecule has 3 rings (SSSR count).